The Morgan fingerprint density at radius 2 is 2.25 bits per heavy atom. The van der Waals surface area contributed by atoms with Crippen molar-refractivity contribution >= 4 is 27.8 Å². The molecule has 0 aliphatic heterocycles. The van der Waals surface area contributed by atoms with Crippen LogP contribution in [-0.4, -0.2) is 24.7 Å². The molecular formula is C11H15BrN2O2. The minimum absolute atomic E-state index is 0.327. The number of carbonyl (C=O) groups excluding carboxylic acids is 1. The molecule has 0 atom stereocenters. The van der Waals surface area contributed by atoms with Gasteiger partial charge in [-0.15, -0.1) is 0 Å². The lowest BCUT2D eigenvalue weighted by molar-refractivity contribution is 0.141. The molecule has 1 amide bonds. The van der Waals surface area contributed by atoms with Gasteiger partial charge in [0.05, 0.1) is 6.61 Å². The zero-order valence-corrected chi connectivity index (χ0v) is 11.2. The van der Waals surface area contributed by atoms with Gasteiger partial charge in [0.25, 0.3) is 0 Å². The highest BCUT2D eigenvalue weighted by Gasteiger charge is 2.13. The summed E-state index contributed by atoms with van der Waals surface area (Å²) in [6, 6.07) is 5.37. The molecule has 0 saturated heterocycles. The van der Waals surface area contributed by atoms with E-state index in [1.54, 1.807) is 19.2 Å². The number of hydrogen-bond donors (Lipinski definition) is 0. The highest BCUT2D eigenvalue weighted by molar-refractivity contribution is 9.10. The van der Waals surface area contributed by atoms with E-state index in [1.807, 2.05) is 19.9 Å². The predicted octanol–water partition coefficient (Wildman–Crippen LogP) is 3.07. The van der Waals surface area contributed by atoms with Gasteiger partial charge in [0.15, 0.2) is 0 Å². The van der Waals surface area contributed by atoms with E-state index in [-0.39, 0.29) is 6.09 Å². The first kappa shape index (κ1) is 13.0. The van der Waals surface area contributed by atoms with Gasteiger partial charge in [0.1, 0.15) is 10.4 Å². The molecule has 0 bridgehead atoms. The van der Waals surface area contributed by atoms with Crippen LogP contribution in [0, 0.1) is 5.92 Å². The first-order valence-electron chi connectivity index (χ1n) is 5.03. The van der Waals surface area contributed by atoms with E-state index in [1.165, 1.54) is 4.90 Å². The number of rotatable bonds is 3. The second-order valence-corrected chi connectivity index (χ2v) is 4.66. The smallest absolute Gasteiger partial charge is 0.415 e. The quantitative estimate of drug-likeness (QED) is 0.802. The number of halogens is 1. The third-order valence-electron chi connectivity index (χ3n) is 1.86. The van der Waals surface area contributed by atoms with Crippen LogP contribution >= 0.6 is 15.9 Å². The molecule has 0 aromatic carbocycles. The fraction of sp³-hybridized carbons (Fsp3) is 0.455. The van der Waals surface area contributed by atoms with E-state index in [2.05, 4.69) is 20.9 Å². The van der Waals surface area contributed by atoms with Gasteiger partial charge in [-0.25, -0.2) is 9.78 Å². The van der Waals surface area contributed by atoms with Crippen LogP contribution in [0.1, 0.15) is 13.8 Å². The van der Waals surface area contributed by atoms with Gasteiger partial charge >= 0.3 is 6.09 Å². The van der Waals surface area contributed by atoms with Crippen LogP contribution in [0.3, 0.4) is 0 Å². The van der Waals surface area contributed by atoms with Crippen LogP contribution in [0.2, 0.25) is 0 Å². The van der Waals surface area contributed by atoms with Crippen molar-refractivity contribution in [1.82, 2.24) is 4.98 Å². The second kappa shape index (κ2) is 5.84. The monoisotopic (exact) mass is 286 g/mol. The molecule has 0 radical (unpaired) electrons. The molecular weight excluding hydrogens is 272 g/mol. The van der Waals surface area contributed by atoms with E-state index in [4.69, 9.17) is 4.74 Å². The highest BCUT2D eigenvalue weighted by atomic mass is 79.9. The van der Waals surface area contributed by atoms with Gasteiger partial charge in [0, 0.05) is 7.05 Å². The lowest BCUT2D eigenvalue weighted by Gasteiger charge is -2.16. The molecule has 5 heteroatoms. The normalized spacial score (nSPS) is 10.3. The SMILES string of the molecule is CC(C)COC(=O)N(C)c1cccc(Br)n1. The molecule has 1 aromatic heterocycles. The number of nitrogens with zero attached hydrogens (tertiary/aromatic N) is 2. The Morgan fingerprint density at radius 1 is 1.56 bits per heavy atom. The summed E-state index contributed by atoms with van der Waals surface area (Å²) in [4.78, 5) is 17.2. The maximum absolute atomic E-state index is 11.6. The van der Waals surface area contributed by atoms with E-state index in [0.717, 1.165) is 0 Å². The van der Waals surface area contributed by atoms with Crippen molar-refractivity contribution < 1.29 is 9.53 Å². The summed E-state index contributed by atoms with van der Waals surface area (Å²) >= 11 is 3.25. The first-order chi connectivity index (χ1) is 7.50. The van der Waals surface area contributed by atoms with Crippen molar-refractivity contribution in [2.45, 2.75) is 13.8 Å². The molecule has 0 aliphatic rings. The van der Waals surface area contributed by atoms with Crippen molar-refractivity contribution in [3.63, 3.8) is 0 Å². The largest absolute Gasteiger partial charge is 0.449 e. The molecule has 0 unspecified atom stereocenters. The zero-order chi connectivity index (χ0) is 12.1. The van der Waals surface area contributed by atoms with Crippen LogP contribution in [0.5, 0.6) is 0 Å². The highest BCUT2D eigenvalue weighted by Crippen LogP contribution is 2.14. The van der Waals surface area contributed by atoms with E-state index in [0.29, 0.717) is 22.9 Å². The summed E-state index contributed by atoms with van der Waals surface area (Å²) in [5.74, 6) is 0.885. The topological polar surface area (TPSA) is 42.4 Å². The minimum atomic E-state index is -0.390. The average Bonchev–Trinajstić information content (AvgIpc) is 2.24. The Bertz CT molecular complexity index is 369. The van der Waals surface area contributed by atoms with Gasteiger partial charge in [0.2, 0.25) is 0 Å². The molecule has 1 rings (SSSR count). The summed E-state index contributed by atoms with van der Waals surface area (Å²) in [5.41, 5.74) is 0. The second-order valence-electron chi connectivity index (χ2n) is 3.85. The molecule has 1 aromatic rings. The Morgan fingerprint density at radius 3 is 2.81 bits per heavy atom. The molecule has 0 aliphatic carbocycles. The summed E-state index contributed by atoms with van der Waals surface area (Å²) in [6.45, 7) is 4.40. The number of anilines is 1. The average molecular weight is 287 g/mol. The van der Waals surface area contributed by atoms with Crippen LogP contribution in [-0.2, 0) is 4.74 Å². The number of pyridine rings is 1. The van der Waals surface area contributed by atoms with Crippen LogP contribution < -0.4 is 4.90 Å². The standard InChI is InChI=1S/C11H15BrN2O2/c1-8(2)7-16-11(15)14(3)10-6-4-5-9(12)13-10/h4-6,8H,7H2,1-3H3. The summed E-state index contributed by atoms with van der Waals surface area (Å²) < 4.78 is 5.78. The van der Waals surface area contributed by atoms with E-state index >= 15 is 0 Å². The molecule has 1 heterocycles. The fourth-order valence-corrected chi connectivity index (χ4v) is 1.35. The molecule has 0 saturated carbocycles. The Hall–Kier alpha value is -1.10. The number of ether oxygens (including phenoxy) is 1. The summed E-state index contributed by atoms with van der Waals surface area (Å²) in [5, 5.41) is 0. The van der Waals surface area contributed by atoms with Crippen LogP contribution in [0.25, 0.3) is 0 Å². The van der Waals surface area contributed by atoms with Gasteiger partial charge in [-0.2, -0.15) is 0 Å². The Balaban J connectivity index is 2.63. The fourth-order valence-electron chi connectivity index (χ4n) is 1.01. The van der Waals surface area contributed by atoms with Gasteiger partial charge in [-0.3, -0.25) is 4.90 Å². The number of amides is 1. The van der Waals surface area contributed by atoms with E-state index < -0.39 is 0 Å². The van der Waals surface area contributed by atoms with E-state index in [9.17, 15) is 4.79 Å². The summed E-state index contributed by atoms with van der Waals surface area (Å²) in [7, 11) is 1.64. The lowest BCUT2D eigenvalue weighted by Crippen LogP contribution is -2.29. The first-order valence-corrected chi connectivity index (χ1v) is 5.83. The van der Waals surface area contributed by atoms with Gasteiger partial charge < -0.3 is 4.74 Å². The van der Waals surface area contributed by atoms with Crippen LogP contribution in [0.15, 0.2) is 22.8 Å². The van der Waals surface area contributed by atoms with Crippen molar-refractivity contribution in [2.75, 3.05) is 18.6 Å². The molecule has 0 spiro atoms. The maximum Gasteiger partial charge on any atom is 0.415 e. The Kier molecular flexibility index (Phi) is 4.73. The number of carbonyl (C=O) groups is 1. The third-order valence-corrected chi connectivity index (χ3v) is 2.30. The number of hydrogen-bond acceptors (Lipinski definition) is 3. The molecule has 88 valence electrons. The van der Waals surface area contributed by atoms with Crippen molar-refractivity contribution in [1.29, 1.82) is 0 Å². The van der Waals surface area contributed by atoms with Crippen molar-refractivity contribution in [2.24, 2.45) is 5.92 Å². The summed E-state index contributed by atoms with van der Waals surface area (Å²) in [6.07, 6.45) is -0.390. The third kappa shape index (κ3) is 3.81. The number of aromatic nitrogens is 1. The van der Waals surface area contributed by atoms with Crippen molar-refractivity contribution in [3.8, 4) is 0 Å². The lowest BCUT2D eigenvalue weighted by atomic mass is 10.2. The predicted molar refractivity (Wildman–Crippen MR) is 66.5 cm³/mol. The minimum Gasteiger partial charge on any atom is -0.449 e. The molecule has 0 fully saturated rings. The van der Waals surface area contributed by atoms with Crippen LogP contribution in [0.4, 0.5) is 10.6 Å². The molecule has 4 nitrogen and oxygen atoms in total. The maximum atomic E-state index is 11.6. The zero-order valence-electron chi connectivity index (χ0n) is 9.61. The van der Waals surface area contributed by atoms with Gasteiger partial charge in [-0.05, 0) is 34.0 Å². The Labute approximate surface area is 104 Å². The van der Waals surface area contributed by atoms with Crippen molar-refractivity contribution in [3.05, 3.63) is 22.8 Å². The van der Waals surface area contributed by atoms with Gasteiger partial charge in [-0.1, -0.05) is 19.9 Å². The molecule has 16 heavy (non-hydrogen) atoms. The molecule has 0 N–H and O–H groups in total.